The molecule has 0 aromatic heterocycles. The summed E-state index contributed by atoms with van der Waals surface area (Å²) in [6, 6.07) is 0. The summed E-state index contributed by atoms with van der Waals surface area (Å²) in [5, 5.41) is 9.68. The highest BCUT2D eigenvalue weighted by atomic mass is 16.4. The average molecular weight is 267 g/mol. The van der Waals surface area contributed by atoms with Crippen LogP contribution in [0.25, 0.3) is 0 Å². The zero-order chi connectivity index (χ0) is 13.9. The molecule has 0 amide bonds. The van der Waals surface area contributed by atoms with Gasteiger partial charge in [-0.25, -0.2) is 0 Å². The van der Waals surface area contributed by atoms with Crippen LogP contribution in [0.2, 0.25) is 0 Å². The summed E-state index contributed by atoms with van der Waals surface area (Å²) in [7, 11) is 0. The van der Waals surface area contributed by atoms with Gasteiger partial charge in [0, 0.05) is 13.1 Å². The zero-order valence-corrected chi connectivity index (χ0v) is 12.5. The monoisotopic (exact) mass is 267 g/mol. The van der Waals surface area contributed by atoms with E-state index in [9.17, 15) is 9.90 Å². The van der Waals surface area contributed by atoms with Crippen molar-refractivity contribution in [1.29, 1.82) is 0 Å². The highest BCUT2D eigenvalue weighted by Crippen LogP contribution is 2.40. The van der Waals surface area contributed by atoms with Gasteiger partial charge in [0.1, 0.15) is 0 Å². The van der Waals surface area contributed by atoms with E-state index in [1.54, 1.807) is 0 Å². The lowest BCUT2D eigenvalue weighted by molar-refractivity contribution is -0.153. The minimum atomic E-state index is -0.557. The Morgan fingerprint density at radius 1 is 1.32 bits per heavy atom. The largest absolute Gasteiger partial charge is 0.481 e. The first-order chi connectivity index (χ1) is 9.05. The number of rotatable bonds is 5. The van der Waals surface area contributed by atoms with Crippen LogP contribution in [0.3, 0.4) is 0 Å². The Morgan fingerprint density at radius 2 is 2.00 bits per heavy atom. The normalized spacial score (nSPS) is 36.5. The SMILES string of the molecule is CCCC1CCN(CC2(C(=O)O)CCC(C)CC2)C1. The van der Waals surface area contributed by atoms with Gasteiger partial charge in [0.15, 0.2) is 0 Å². The predicted octanol–water partition coefficient (Wildman–Crippen LogP) is 3.39. The van der Waals surface area contributed by atoms with E-state index in [0.29, 0.717) is 5.92 Å². The van der Waals surface area contributed by atoms with Gasteiger partial charge in [-0.15, -0.1) is 0 Å². The van der Waals surface area contributed by atoms with Crippen LogP contribution >= 0.6 is 0 Å². The van der Waals surface area contributed by atoms with Crippen LogP contribution in [-0.2, 0) is 4.79 Å². The van der Waals surface area contributed by atoms with Crippen molar-refractivity contribution >= 4 is 5.97 Å². The van der Waals surface area contributed by atoms with Crippen molar-refractivity contribution in [3.8, 4) is 0 Å². The molecule has 1 aliphatic heterocycles. The van der Waals surface area contributed by atoms with Crippen LogP contribution in [0.1, 0.15) is 58.8 Å². The van der Waals surface area contributed by atoms with Gasteiger partial charge in [-0.3, -0.25) is 4.79 Å². The molecular formula is C16H29NO2. The van der Waals surface area contributed by atoms with Crippen molar-refractivity contribution in [2.45, 2.75) is 58.8 Å². The minimum absolute atomic E-state index is 0.451. The van der Waals surface area contributed by atoms with Crippen LogP contribution in [0, 0.1) is 17.3 Å². The quantitative estimate of drug-likeness (QED) is 0.830. The number of hydrogen-bond donors (Lipinski definition) is 1. The molecule has 1 aliphatic carbocycles. The van der Waals surface area contributed by atoms with E-state index in [-0.39, 0.29) is 0 Å². The van der Waals surface area contributed by atoms with E-state index in [1.165, 1.54) is 19.3 Å². The van der Waals surface area contributed by atoms with Crippen LogP contribution in [-0.4, -0.2) is 35.6 Å². The number of likely N-dealkylation sites (tertiary alicyclic amines) is 1. The smallest absolute Gasteiger partial charge is 0.310 e. The van der Waals surface area contributed by atoms with Gasteiger partial charge in [0.05, 0.1) is 5.41 Å². The topological polar surface area (TPSA) is 40.5 Å². The van der Waals surface area contributed by atoms with Crippen molar-refractivity contribution in [2.75, 3.05) is 19.6 Å². The molecular weight excluding hydrogens is 238 g/mol. The maximum Gasteiger partial charge on any atom is 0.310 e. The van der Waals surface area contributed by atoms with E-state index in [0.717, 1.165) is 51.2 Å². The fourth-order valence-corrected chi connectivity index (χ4v) is 3.88. The Kier molecular flexibility index (Phi) is 4.88. The molecule has 110 valence electrons. The summed E-state index contributed by atoms with van der Waals surface area (Å²) in [5.74, 6) is 0.954. The molecule has 1 unspecified atom stereocenters. The van der Waals surface area contributed by atoms with Crippen LogP contribution in [0.5, 0.6) is 0 Å². The first-order valence-corrected chi connectivity index (χ1v) is 8.01. The van der Waals surface area contributed by atoms with Gasteiger partial charge in [0.25, 0.3) is 0 Å². The Hall–Kier alpha value is -0.570. The second-order valence-electron chi connectivity index (χ2n) is 6.95. The van der Waals surface area contributed by atoms with Gasteiger partial charge in [-0.1, -0.05) is 20.3 Å². The van der Waals surface area contributed by atoms with Gasteiger partial charge in [-0.05, 0) is 56.9 Å². The van der Waals surface area contributed by atoms with Crippen molar-refractivity contribution in [3.05, 3.63) is 0 Å². The van der Waals surface area contributed by atoms with Gasteiger partial charge in [-0.2, -0.15) is 0 Å². The lowest BCUT2D eigenvalue weighted by Crippen LogP contribution is -2.44. The number of carboxylic acids is 1. The third-order valence-corrected chi connectivity index (χ3v) is 5.28. The Bertz CT molecular complexity index is 308. The first-order valence-electron chi connectivity index (χ1n) is 8.01. The summed E-state index contributed by atoms with van der Waals surface area (Å²) in [5.41, 5.74) is -0.451. The number of aliphatic carboxylic acids is 1. The minimum Gasteiger partial charge on any atom is -0.481 e. The average Bonchev–Trinajstić information content (AvgIpc) is 2.80. The zero-order valence-electron chi connectivity index (χ0n) is 12.5. The lowest BCUT2D eigenvalue weighted by atomic mass is 9.70. The second kappa shape index (κ2) is 6.25. The maximum atomic E-state index is 11.8. The summed E-state index contributed by atoms with van der Waals surface area (Å²) in [4.78, 5) is 14.2. The van der Waals surface area contributed by atoms with E-state index in [1.807, 2.05) is 0 Å². The molecule has 1 atom stereocenters. The predicted molar refractivity (Wildman–Crippen MR) is 77.2 cm³/mol. The summed E-state index contributed by atoms with van der Waals surface area (Å²) in [6.45, 7) is 7.51. The number of carboxylic acid groups (broad SMARTS) is 1. The molecule has 2 aliphatic rings. The highest BCUT2D eigenvalue weighted by Gasteiger charge is 2.43. The summed E-state index contributed by atoms with van der Waals surface area (Å²) < 4.78 is 0. The maximum absolute atomic E-state index is 11.8. The van der Waals surface area contributed by atoms with Crippen LogP contribution in [0.4, 0.5) is 0 Å². The Morgan fingerprint density at radius 3 is 2.58 bits per heavy atom. The van der Waals surface area contributed by atoms with E-state index in [2.05, 4.69) is 18.7 Å². The molecule has 1 N–H and O–H groups in total. The molecule has 3 nitrogen and oxygen atoms in total. The van der Waals surface area contributed by atoms with Crippen molar-refractivity contribution in [2.24, 2.45) is 17.3 Å². The molecule has 0 aromatic rings. The first kappa shape index (κ1) is 14.8. The van der Waals surface area contributed by atoms with Crippen molar-refractivity contribution in [1.82, 2.24) is 4.90 Å². The Labute approximate surface area is 117 Å². The summed E-state index contributed by atoms with van der Waals surface area (Å²) in [6.07, 6.45) is 7.72. The van der Waals surface area contributed by atoms with E-state index < -0.39 is 11.4 Å². The van der Waals surface area contributed by atoms with Crippen LogP contribution in [0.15, 0.2) is 0 Å². The fourth-order valence-electron chi connectivity index (χ4n) is 3.88. The number of nitrogens with zero attached hydrogens (tertiary/aromatic N) is 1. The molecule has 0 bridgehead atoms. The standard InChI is InChI=1S/C16H29NO2/c1-3-4-14-7-10-17(11-14)12-16(15(18)19)8-5-13(2)6-9-16/h13-14H,3-12H2,1-2H3,(H,18,19). The molecule has 2 fully saturated rings. The third kappa shape index (κ3) is 3.50. The van der Waals surface area contributed by atoms with Gasteiger partial charge < -0.3 is 10.0 Å². The van der Waals surface area contributed by atoms with E-state index in [4.69, 9.17) is 0 Å². The van der Waals surface area contributed by atoms with Crippen molar-refractivity contribution in [3.63, 3.8) is 0 Å². The Balaban J connectivity index is 1.93. The molecule has 1 heterocycles. The number of carbonyl (C=O) groups is 1. The summed E-state index contributed by atoms with van der Waals surface area (Å²) >= 11 is 0. The molecule has 3 heteroatoms. The molecule has 0 spiro atoms. The fraction of sp³-hybridized carbons (Fsp3) is 0.938. The molecule has 1 saturated carbocycles. The van der Waals surface area contributed by atoms with E-state index >= 15 is 0 Å². The molecule has 19 heavy (non-hydrogen) atoms. The molecule has 1 saturated heterocycles. The van der Waals surface area contributed by atoms with Gasteiger partial charge in [0.2, 0.25) is 0 Å². The molecule has 2 rings (SSSR count). The number of hydrogen-bond acceptors (Lipinski definition) is 2. The second-order valence-corrected chi connectivity index (χ2v) is 6.95. The molecule has 0 aromatic carbocycles. The lowest BCUT2D eigenvalue weighted by Gasteiger charge is -2.38. The van der Waals surface area contributed by atoms with Gasteiger partial charge >= 0.3 is 5.97 Å². The third-order valence-electron chi connectivity index (χ3n) is 5.28. The van der Waals surface area contributed by atoms with Crippen LogP contribution < -0.4 is 0 Å². The molecule has 0 radical (unpaired) electrons. The highest BCUT2D eigenvalue weighted by molar-refractivity contribution is 5.75. The van der Waals surface area contributed by atoms with Crippen molar-refractivity contribution < 1.29 is 9.90 Å².